The van der Waals surface area contributed by atoms with E-state index in [1.54, 1.807) is 14.1 Å². The van der Waals surface area contributed by atoms with Gasteiger partial charge in [0.1, 0.15) is 10.2 Å². The number of aromatic amines is 1. The normalized spacial score (nSPS) is 11.0. The molecule has 26 heavy (non-hydrogen) atoms. The quantitative estimate of drug-likeness (QED) is 0.233. The zero-order valence-corrected chi connectivity index (χ0v) is 15.4. The van der Waals surface area contributed by atoms with Crippen molar-refractivity contribution in [3.05, 3.63) is 55.1 Å². The molecule has 0 spiro atoms. The first-order valence-corrected chi connectivity index (χ1v) is 8.75. The number of aromatic nitrogens is 4. The van der Waals surface area contributed by atoms with Crippen LogP contribution in [0.3, 0.4) is 0 Å². The maximum atomic E-state index is 12.3. The van der Waals surface area contributed by atoms with Gasteiger partial charge >= 0.3 is 5.69 Å². The van der Waals surface area contributed by atoms with Crippen molar-refractivity contribution in [1.29, 1.82) is 0 Å². The average molecular weight is 391 g/mol. The zero-order chi connectivity index (χ0) is 19.0. The summed E-state index contributed by atoms with van der Waals surface area (Å²) in [6.07, 6.45) is 0. The molecule has 0 atom stereocenters. The van der Waals surface area contributed by atoms with Gasteiger partial charge in [-0.25, -0.2) is 9.78 Å². The maximum Gasteiger partial charge on any atom is 0.330 e. The molecule has 1 aromatic carbocycles. The first kappa shape index (κ1) is 18.0. The molecule has 0 radical (unpaired) electrons. The Morgan fingerprint density at radius 2 is 2.12 bits per heavy atom. The van der Waals surface area contributed by atoms with E-state index >= 15 is 0 Å². The molecule has 0 bridgehead atoms. The lowest BCUT2D eigenvalue weighted by molar-refractivity contribution is -0.384. The van der Waals surface area contributed by atoms with Crippen LogP contribution in [0.4, 0.5) is 5.69 Å². The maximum absolute atomic E-state index is 12.3. The molecule has 0 unspecified atom stereocenters. The standard InChI is InChI=1S/C15H13N5O4S2/c1-18-12-11(13(25)19(2)15(18)22)16-14(17-12)26-7-10(21)8-4-3-5-9(6-8)20(23)24/h3-6H,7H2,1-2H3,(H,16,17). The highest BCUT2D eigenvalue weighted by Gasteiger charge is 2.15. The number of ketones is 1. The molecular weight excluding hydrogens is 378 g/mol. The second-order valence-corrected chi connectivity index (χ2v) is 6.82. The number of aryl methyl sites for hydroxylation is 1. The minimum atomic E-state index is -0.547. The summed E-state index contributed by atoms with van der Waals surface area (Å²) in [4.78, 5) is 41.9. The number of thioether (sulfide) groups is 1. The van der Waals surface area contributed by atoms with Crippen molar-refractivity contribution >= 4 is 46.6 Å². The van der Waals surface area contributed by atoms with Crippen LogP contribution in [0.25, 0.3) is 11.2 Å². The molecule has 3 rings (SSSR count). The molecule has 1 N–H and O–H groups in total. The van der Waals surface area contributed by atoms with E-state index in [4.69, 9.17) is 12.2 Å². The molecule has 2 heterocycles. The summed E-state index contributed by atoms with van der Waals surface area (Å²) in [5, 5.41) is 11.2. The Bertz CT molecular complexity index is 1160. The van der Waals surface area contributed by atoms with Crippen LogP contribution in [-0.2, 0) is 14.1 Å². The van der Waals surface area contributed by atoms with E-state index in [1.165, 1.54) is 33.4 Å². The molecular formula is C15H13N5O4S2. The Hall–Kier alpha value is -2.79. The summed E-state index contributed by atoms with van der Waals surface area (Å²) in [7, 11) is 3.16. The fourth-order valence-electron chi connectivity index (χ4n) is 2.38. The molecule has 3 aromatic rings. The number of nitro benzene ring substituents is 1. The van der Waals surface area contributed by atoms with Crippen molar-refractivity contribution in [2.45, 2.75) is 5.16 Å². The van der Waals surface area contributed by atoms with Gasteiger partial charge in [-0.15, -0.1) is 0 Å². The number of hydrogen-bond acceptors (Lipinski definition) is 7. The molecule has 0 aliphatic heterocycles. The van der Waals surface area contributed by atoms with E-state index < -0.39 is 4.92 Å². The molecule has 134 valence electrons. The fraction of sp³-hybridized carbons (Fsp3) is 0.200. The average Bonchev–Trinajstić information content (AvgIpc) is 3.07. The molecule has 0 saturated heterocycles. The Kier molecular flexibility index (Phi) is 4.74. The number of Topliss-reactive ketones (excluding diaryl/α,β-unsaturated/α-hetero) is 1. The molecule has 0 aliphatic carbocycles. The lowest BCUT2D eigenvalue weighted by Crippen LogP contribution is -2.27. The Morgan fingerprint density at radius 1 is 1.38 bits per heavy atom. The molecule has 0 amide bonds. The number of rotatable bonds is 5. The number of fused-ring (bicyclic) bond motifs is 1. The van der Waals surface area contributed by atoms with E-state index in [0.29, 0.717) is 21.0 Å². The van der Waals surface area contributed by atoms with Crippen molar-refractivity contribution in [1.82, 2.24) is 19.1 Å². The van der Waals surface area contributed by atoms with Crippen LogP contribution in [0.1, 0.15) is 10.4 Å². The van der Waals surface area contributed by atoms with Gasteiger partial charge in [0.25, 0.3) is 5.69 Å². The number of imidazole rings is 1. The highest BCUT2D eigenvalue weighted by Crippen LogP contribution is 2.21. The van der Waals surface area contributed by atoms with Crippen LogP contribution in [0.15, 0.2) is 34.2 Å². The monoisotopic (exact) mass is 391 g/mol. The van der Waals surface area contributed by atoms with Gasteiger partial charge in [-0.05, 0) is 0 Å². The van der Waals surface area contributed by atoms with Crippen LogP contribution >= 0.6 is 24.0 Å². The third-order valence-corrected chi connectivity index (χ3v) is 5.14. The summed E-state index contributed by atoms with van der Waals surface area (Å²) in [6.45, 7) is 0. The second-order valence-electron chi connectivity index (χ2n) is 5.47. The first-order valence-electron chi connectivity index (χ1n) is 7.35. The number of nitrogens with one attached hydrogen (secondary N) is 1. The highest BCUT2D eigenvalue weighted by molar-refractivity contribution is 7.99. The summed E-state index contributed by atoms with van der Waals surface area (Å²) in [5.74, 6) is -0.231. The number of H-pyrrole nitrogens is 1. The van der Waals surface area contributed by atoms with Gasteiger partial charge < -0.3 is 4.98 Å². The predicted molar refractivity (Wildman–Crippen MR) is 99.3 cm³/mol. The van der Waals surface area contributed by atoms with Crippen LogP contribution in [0, 0.1) is 14.8 Å². The van der Waals surface area contributed by atoms with E-state index in [1.807, 2.05) is 0 Å². The molecule has 0 aliphatic rings. The van der Waals surface area contributed by atoms with Gasteiger partial charge in [-0.1, -0.05) is 36.1 Å². The van der Waals surface area contributed by atoms with E-state index in [9.17, 15) is 19.7 Å². The SMILES string of the molecule is Cn1c(=S)c2[nH]c(SCC(=O)c3cccc([N+](=O)[O-])c3)nc2n(C)c1=O. The number of nitrogens with zero attached hydrogens (tertiary/aromatic N) is 4. The van der Waals surface area contributed by atoms with Crippen LogP contribution < -0.4 is 5.69 Å². The minimum absolute atomic E-state index is 0.0355. The molecule has 11 heteroatoms. The molecule has 0 saturated carbocycles. The summed E-state index contributed by atoms with van der Waals surface area (Å²) in [5.41, 5.74) is 0.768. The van der Waals surface area contributed by atoms with Crippen molar-refractivity contribution in [2.75, 3.05) is 5.75 Å². The van der Waals surface area contributed by atoms with Crippen molar-refractivity contribution < 1.29 is 9.72 Å². The van der Waals surface area contributed by atoms with Gasteiger partial charge in [-0.2, -0.15) is 0 Å². The highest BCUT2D eigenvalue weighted by atomic mass is 32.2. The third-order valence-electron chi connectivity index (χ3n) is 3.79. The predicted octanol–water partition coefficient (Wildman–Crippen LogP) is 2.21. The summed E-state index contributed by atoms with van der Waals surface area (Å²) in [6, 6.07) is 5.57. The summed E-state index contributed by atoms with van der Waals surface area (Å²) >= 11 is 6.38. The van der Waals surface area contributed by atoms with Gasteiger partial charge in [0.05, 0.1) is 10.7 Å². The Balaban J connectivity index is 1.85. The Labute approximate surface area is 155 Å². The lowest BCUT2D eigenvalue weighted by atomic mass is 10.1. The topological polar surface area (TPSA) is 116 Å². The Morgan fingerprint density at radius 3 is 2.81 bits per heavy atom. The lowest BCUT2D eigenvalue weighted by Gasteiger charge is -2.02. The van der Waals surface area contributed by atoms with Gasteiger partial charge in [0.15, 0.2) is 16.6 Å². The van der Waals surface area contributed by atoms with Crippen molar-refractivity contribution in [3.63, 3.8) is 0 Å². The van der Waals surface area contributed by atoms with Crippen LogP contribution in [-0.4, -0.2) is 35.6 Å². The van der Waals surface area contributed by atoms with Gasteiger partial charge in [0, 0.05) is 31.8 Å². The number of hydrogen-bond donors (Lipinski definition) is 1. The van der Waals surface area contributed by atoms with Crippen LogP contribution in [0.5, 0.6) is 0 Å². The van der Waals surface area contributed by atoms with Gasteiger partial charge in [0.2, 0.25) is 0 Å². The summed E-state index contributed by atoms with van der Waals surface area (Å²) < 4.78 is 3.03. The second kappa shape index (κ2) is 6.84. The van der Waals surface area contributed by atoms with Gasteiger partial charge in [-0.3, -0.25) is 24.0 Å². The minimum Gasteiger partial charge on any atom is -0.329 e. The number of non-ortho nitro benzene ring substituents is 1. The number of carbonyl (C=O) groups is 1. The van der Waals surface area contributed by atoms with E-state index in [0.717, 1.165) is 11.8 Å². The number of benzene rings is 1. The largest absolute Gasteiger partial charge is 0.330 e. The fourth-order valence-corrected chi connectivity index (χ4v) is 3.36. The van der Waals surface area contributed by atoms with E-state index in [-0.39, 0.29) is 28.5 Å². The molecule has 2 aromatic heterocycles. The molecule has 9 nitrogen and oxygen atoms in total. The first-order chi connectivity index (χ1) is 12.3. The van der Waals surface area contributed by atoms with Crippen molar-refractivity contribution in [2.24, 2.45) is 14.1 Å². The molecule has 0 fully saturated rings. The van der Waals surface area contributed by atoms with Crippen LogP contribution in [0.2, 0.25) is 0 Å². The zero-order valence-electron chi connectivity index (χ0n) is 13.8. The smallest absolute Gasteiger partial charge is 0.329 e. The van der Waals surface area contributed by atoms with E-state index in [2.05, 4.69) is 9.97 Å². The number of nitro groups is 1. The number of carbonyl (C=O) groups excluding carboxylic acids is 1. The third kappa shape index (κ3) is 3.18. The van der Waals surface area contributed by atoms with Crippen molar-refractivity contribution in [3.8, 4) is 0 Å².